The lowest BCUT2D eigenvalue weighted by Crippen LogP contribution is -3.12. The molecular formula is C20H20N5O2+. The van der Waals surface area contributed by atoms with Crippen LogP contribution in [0.2, 0.25) is 0 Å². The zero-order valence-electron chi connectivity index (χ0n) is 14.9. The quantitative estimate of drug-likeness (QED) is 0.793. The lowest BCUT2D eigenvalue weighted by molar-refractivity contribution is -0.743. The Hall–Kier alpha value is -3.45. The first-order chi connectivity index (χ1) is 13.2. The number of hydrogen-bond donors (Lipinski definition) is 2. The zero-order chi connectivity index (χ0) is 18.6. The van der Waals surface area contributed by atoms with Crippen LogP contribution in [0.25, 0.3) is 0 Å². The highest BCUT2D eigenvalue weighted by atomic mass is 16.5. The second-order valence-corrected chi connectivity index (χ2v) is 6.10. The van der Waals surface area contributed by atoms with Gasteiger partial charge in [0, 0.05) is 18.1 Å². The summed E-state index contributed by atoms with van der Waals surface area (Å²) in [5, 5.41) is 3.31. The summed E-state index contributed by atoms with van der Waals surface area (Å²) in [6.45, 7) is 2.88. The molecule has 0 amide bonds. The summed E-state index contributed by atoms with van der Waals surface area (Å²) in [4.78, 5) is 23.9. The first-order valence-electron chi connectivity index (χ1n) is 8.79. The van der Waals surface area contributed by atoms with Gasteiger partial charge < -0.3 is 10.1 Å². The second-order valence-electron chi connectivity index (χ2n) is 6.10. The predicted molar refractivity (Wildman–Crippen MR) is 103 cm³/mol. The third kappa shape index (κ3) is 3.58. The van der Waals surface area contributed by atoms with Crippen molar-refractivity contribution in [2.45, 2.75) is 6.92 Å². The van der Waals surface area contributed by atoms with Crippen LogP contribution in [0.15, 0.2) is 78.0 Å². The summed E-state index contributed by atoms with van der Waals surface area (Å²) < 4.78 is 4.99. The molecule has 2 aliphatic rings. The molecular weight excluding hydrogens is 342 g/mol. The standard InChI is InChI=1S/C20H19N5O2/c1-2-27-20(26)15-8-9-18(22-12-15)23-17-13-25(16-6-4-3-5-7-16)14-24-11-10-21-19(17)24/h3-13H,2,14H2,1H3,(H,22,23)/p+1. The molecule has 0 radical (unpaired) electrons. The van der Waals surface area contributed by atoms with E-state index < -0.39 is 0 Å². The molecule has 2 aromatic rings. The normalized spacial score (nSPS) is 17.8. The fourth-order valence-electron chi connectivity index (χ4n) is 3.00. The van der Waals surface area contributed by atoms with Crippen LogP contribution < -0.4 is 15.1 Å². The SMILES string of the molecule is CCOC(=O)c1ccc(NC2=CN(c3ccccc3)C[NH+]3C=CN=C23)nc1. The number of nitrogens with one attached hydrogen (secondary N) is 2. The van der Waals surface area contributed by atoms with Crippen molar-refractivity contribution in [1.82, 2.24) is 4.98 Å². The number of benzene rings is 1. The van der Waals surface area contributed by atoms with Gasteiger partial charge in [-0.05, 0) is 31.2 Å². The minimum atomic E-state index is -0.372. The van der Waals surface area contributed by atoms with E-state index in [1.54, 1.807) is 19.1 Å². The molecule has 0 spiro atoms. The van der Waals surface area contributed by atoms with Crippen LogP contribution in [0.4, 0.5) is 11.5 Å². The van der Waals surface area contributed by atoms with E-state index >= 15 is 0 Å². The van der Waals surface area contributed by atoms with Crippen LogP contribution in [0.5, 0.6) is 0 Å². The maximum atomic E-state index is 11.8. The maximum Gasteiger partial charge on any atom is 0.339 e. The first-order valence-corrected chi connectivity index (χ1v) is 8.79. The van der Waals surface area contributed by atoms with Gasteiger partial charge in [-0.2, -0.15) is 4.99 Å². The van der Waals surface area contributed by atoms with Gasteiger partial charge in [0.25, 0.3) is 5.84 Å². The van der Waals surface area contributed by atoms with Crippen molar-refractivity contribution in [3.63, 3.8) is 0 Å². The Labute approximate surface area is 157 Å². The number of amidine groups is 1. The largest absolute Gasteiger partial charge is 0.462 e. The van der Waals surface area contributed by atoms with Gasteiger partial charge in [0.1, 0.15) is 17.7 Å². The Morgan fingerprint density at radius 2 is 2.11 bits per heavy atom. The van der Waals surface area contributed by atoms with Crippen LogP contribution in [0, 0.1) is 0 Å². The number of aromatic nitrogens is 1. The summed E-state index contributed by atoms with van der Waals surface area (Å²) in [6, 6.07) is 13.6. The molecule has 2 N–H and O–H groups in total. The molecule has 1 unspecified atom stereocenters. The van der Waals surface area contributed by atoms with Crippen molar-refractivity contribution in [2.24, 2.45) is 4.99 Å². The Bertz CT molecular complexity index is 919. The maximum absolute atomic E-state index is 11.8. The molecule has 3 heterocycles. The summed E-state index contributed by atoms with van der Waals surface area (Å²) in [5.74, 6) is 1.18. The molecule has 0 saturated carbocycles. The molecule has 0 saturated heterocycles. The molecule has 4 rings (SSSR count). The number of anilines is 2. The van der Waals surface area contributed by atoms with Gasteiger partial charge in [-0.15, -0.1) is 0 Å². The van der Waals surface area contributed by atoms with Crippen molar-refractivity contribution in [3.8, 4) is 0 Å². The smallest absolute Gasteiger partial charge is 0.339 e. The number of rotatable bonds is 5. The number of ether oxygens (including phenoxy) is 1. The Morgan fingerprint density at radius 3 is 2.85 bits per heavy atom. The third-order valence-corrected chi connectivity index (χ3v) is 4.29. The highest BCUT2D eigenvalue weighted by Crippen LogP contribution is 2.18. The van der Waals surface area contributed by atoms with Gasteiger partial charge >= 0.3 is 5.97 Å². The molecule has 27 heavy (non-hydrogen) atoms. The summed E-state index contributed by atoms with van der Waals surface area (Å²) in [5.41, 5.74) is 2.40. The zero-order valence-corrected chi connectivity index (χ0v) is 14.9. The van der Waals surface area contributed by atoms with Crippen molar-refractivity contribution in [2.75, 3.05) is 23.5 Å². The Balaban J connectivity index is 1.57. The average molecular weight is 362 g/mol. The monoisotopic (exact) mass is 362 g/mol. The first kappa shape index (κ1) is 17.0. The van der Waals surface area contributed by atoms with E-state index in [1.807, 2.05) is 36.8 Å². The van der Waals surface area contributed by atoms with Crippen LogP contribution in [-0.2, 0) is 4.74 Å². The molecule has 136 valence electrons. The van der Waals surface area contributed by atoms with Gasteiger partial charge in [-0.3, -0.25) is 4.90 Å². The summed E-state index contributed by atoms with van der Waals surface area (Å²) >= 11 is 0. The minimum Gasteiger partial charge on any atom is -0.462 e. The minimum absolute atomic E-state index is 0.340. The van der Waals surface area contributed by atoms with Crippen molar-refractivity contribution in [3.05, 3.63) is 78.5 Å². The Morgan fingerprint density at radius 1 is 1.26 bits per heavy atom. The van der Waals surface area contributed by atoms with Crippen LogP contribution >= 0.6 is 0 Å². The molecule has 1 aromatic carbocycles. The topological polar surface area (TPSA) is 71.3 Å². The van der Waals surface area contributed by atoms with E-state index in [4.69, 9.17) is 4.74 Å². The molecule has 0 aliphatic carbocycles. The average Bonchev–Trinajstić information content (AvgIpc) is 3.18. The third-order valence-electron chi connectivity index (χ3n) is 4.29. The fraction of sp³-hybridized carbons (Fsp3) is 0.150. The van der Waals surface area contributed by atoms with Crippen molar-refractivity contribution >= 4 is 23.3 Å². The van der Waals surface area contributed by atoms with E-state index in [2.05, 4.69) is 32.3 Å². The van der Waals surface area contributed by atoms with E-state index in [9.17, 15) is 4.79 Å². The molecule has 1 atom stereocenters. The number of para-hydroxylation sites is 1. The van der Waals surface area contributed by atoms with E-state index in [0.29, 0.717) is 18.0 Å². The fourth-order valence-corrected chi connectivity index (χ4v) is 3.00. The number of pyridine rings is 1. The Kier molecular flexibility index (Phi) is 4.67. The lowest BCUT2D eigenvalue weighted by atomic mass is 10.2. The van der Waals surface area contributed by atoms with Gasteiger partial charge in [0.15, 0.2) is 6.67 Å². The number of hydrogen-bond acceptors (Lipinski definition) is 6. The van der Waals surface area contributed by atoms with Crippen LogP contribution in [-0.4, -0.2) is 30.1 Å². The number of carbonyl (C=O) groups excluding carboxylic acids is 1. The number of fused-ring (bicyclic) bond motifs is 1. The molecule has 2 aliphatic heterocycles. The van der Waals surface area contributed by atoms with Gasteiger partial charge in [0.2, 0.25) is 0 Å². The van der Waals surface area contributed by atoms with Crippen molar-refractivity contribution in [1.29, 1.82) is 0 Å². The van der Waals surface area contributed by atoms with Crippen LogP contribution in [0.1, 0.15) is 17.3 Å². The summed E-state index contributed by atoms with van der Waals surface area (Å²) in [7, 11) is 0. The van der Waals surface area contributed by atoms with Gasteiger partial charge in [0.05, 0.1) is 18.4 Å². The molecule has 0 fully saturated rings. The molecule has 1 aromatic heterocycles. The number of nitrogens with zero attached hydrogens (tertiary/aromatic N) is 3. The number of aliphatic imine (C=N–C) groups is 1. The van der Waals surface area contributed by atoms with Gasteiger partial charge in [-0.1, -0.05) is 18.2 Å². The number of quaternary nitrogens is 1. The number of esters is 1. The predicted octanol–water partition coefficient (Wildman–Crippen LogP) is 1.76. The molecule has 0 bridgehead atoms. The summed E-state index contributed by atoms with van der Waals surface area (Å²) in [6.07, 6.45) is 7.38. The van der Waals surface area contributed by atoms with Crippen molar-refractivity contribution < 1.29 is 14.4 Å². The van der Waals surface area contributed by atoms with Gasteiger partial charge in [-0.25, -0.2) is 14.7 Å². The van der Waals surface area contributed by atoms with E-state index in [0.717, 1.165) is 28.8 Å². The lowest BCUT2D eigenvalue weighted by Gasteiger charge is -2.29. The number of carbonyl (C=O) groups is 1. The van der Waals surface area contributed by atoms with E-state index in [1.165, 1.54) is 6.20 Å². The highest BCUT2D eigenvalue weighted by Gasteiger charge is 2.31. The second kappa shape index (κ2) is 7.43. The van der Waals surface area contributed by atoms with E-state index in [-0.39, 0.29) is 5.97 Å². The molecule has 7 nitrogen and oxygen atoms in total. The van der Waals surface area contributed by atoms with Crippen LogP contribution in [0.3, 0.4) is 0 Å². The highest BCUT2D eigenvalue weighted by molar-refractivity contribution is 5.97. The molecule has 7 heteroatoms.